The van der Waals surface area contributed by atoms with Crippen LogP contribution in [0.15, 0.2) is 108 Å². The predicted molar refractivity (Wildman–Crippen MR) is 139 cm³/mol. The van der Waals surface area contributed by atoms with Crippen molar-refractivity contribution in [3.63, 3.8) is 0 Å². The Bertz CT molecular complexity index is 1980. The van der Waals surface area contributed by atoms with Crippen molar-refractivity contribution in [1.29, 1.82) is 0 Å². The summed E-state index contributed by atoms with van der Waals surface area (Å²) in [6.07, 6.45) is 0. The fourth-order valence-corrected chi connectivity index (χ4v) is 5.01. The van der Waals surface area contributed by atoms with Gasteiger partial charge in [0.1, 0.15) is 5.58 Å². The third kappa shape index (κ3) is 3.76. The highest BCUT2D eigenvalue weighted by molar-refractivity contribution is 9.10. The van der Waals surface area contributed by atoms with Crippen LogP contribution in [0.1, 0.15) is 15.6 Å². The fraction of sp³-hybridized carbons (Fsp3) is 0. The van der Waals surface area contributed by atoms with Gasteiger partial charge in [0.25, 0.3) is 5.78 Å². The smallest absolute Gasteiger partial charge is 0.258 e. The van der Waals surface area contributed by atoms with Crippen LogP contribution >= 0.6 is 27.3 Å². The molecule has 36 heavy (non-hydrogen) atoms. The van der Waals surface area contributed by atoms with Crippen LogP contribution in [0.5, 0.6) is 0 Å². The van der Waals surface area contributed by atoms with Crippen LogP contribution in [0.4, 0.5) is 0 Å². The van der Waals surface area contributed by atoms with E-state index in [4.69, 9.17) is 4.42 Å². The summed E-state index contributed by atoms with van der Waals surface area (Å²) in [5.41, 5.74) is 0.232. The molecule has 0 fully saturated rings. The van der Waals surface area contributed by atoms with E-state index in [1.165, 1.54) is 4.68 Å². The van der Waals surface area contributed by atoms with E-state index < -0.39 is 16.6 Å². The van der Waals surface area contributed by atoms with Crippen molar-refractivity contribution >= 4 is 54.8 Å². The van der Waals surface area contributed by atoms with Gasteiger partial charge in [0.15, 0.2) is 16.1 Å². The highest BCUT2D eigenvalue weighted by atomic mass is 79.9. The molecule has 10 heteroatoms. The molecular weight excluding hydrogens is 544 g/mol. The van der Waals surface area contributed by atoms with Gasteiger partial charge in [-0.2, -0.15) is 5.10 Å². The average Bonchev–Trinajstić information content (AvgIpc) is 3.58. The van der Waals surface area contributed by atoms with Gasteiger partial charge >= 0.3 is 0 Å². The van der Waals surface area contributed by atoms with Crippen molar-refractivity contribution < 1.29 is 9.21 Å². The number of hydrogen-bond donors (Lipinski definition) is 0. The first-order valence-corrected chi connectivity index (χ1v) is 12.3. The summed E-state index contributed by atoms with van der Waals surface area (Å²) < 4.78 is 8.05. The van der Waals surface area contributed by atoms with Gasteiger partial charge in [-0.25, -0.2) is 4.68 Å². The molecule has 2 heterocycles. The lowest BCUT2D eigenvalue weighted by Gasteiger charge is -1.98. The second-order valence-electron chi connectivity index (χ2n) is 7.81. The number of nitrogens with zero attached hydrogens (tertiary/aromatic N) is 4. The van der Waals surface area contributed by atoms with Gasteiger partial charge < -0.3 is 4.42 Å². The van der Waals surface area contributed by atoms with E-state index in [9.17, 15) is 14.4 Å². The van der Waals surface area contributed by atoms with Gasteiger partial charge in [0, 0.05) is 20.6 Å². The van der Waals surface area contributed by atoms with Crippen molar-refractivity contribution in [3.05, 3.63) is 125 Å². The van der Waals surface area contributed by atoms with E-state index in [1.807, 2.05) is 30.3 Å². The molecule has 0 saturated carbocycles. The predicted octanol–water partition coefficient (Wildman–Crippen LogP) is 3.84. The maximum atomic E-state index is 13.3. The Kier molecular flexibility index (Phi) is 5.39. The van der Waals surface area contributed by atoms with E-state index in [1.54, 1.807) is 48.5 Å². The van der Waals surface area contributed by atoms with Crippen molar-refractivity contribution in [2.45, 2.75) is 0 Å². The first kappa shape index (κ1) is 22.2. The second kappa shape index (κ2) is 8.74. The summed E-state index contributed by atoms with van der Waals surface area (Å²) in [6.45, 7) is 0. The number of ketones is 1. The Balaban J connectivity index is 1.52. The molecule has 6 rings (SSSR count). The molecule has 0 unspecified atom stereocenters. The van der Waals surface area contributed by atoms with E-state index in [-0.39, 0.29) is 20.9 Å². The summed E-state index contributed by atoms with van der Waals surface area (Å²) in [6, 6.07) is 22.7. The summed E-state index contributed by atoms with van der Waals surface area (Å²) in [4.78, 5) is 38.9. The third-order valence-corrected chi connectivity index (χ3v) is 6.93. The zero-order valence-electron chi connectivity index (χ0n) is 18.2. The van der Waals surface area contributed by atoms with Gasteiger partial charge in [0.2, 0.25) is 15.7 Å². The summed E-state index contributed by atoms with van der Waals surface area (Å²) in [7, 11) is 0. The van der Waals surface area contributed by atoms with Gasteiger partial charge in [-0.05, 0) is 36.4 Å². The zero-order valence-corrected chi connectivity index (χ0v) is 20.6. The minimum absolute atomic E-state index is 0.114. The number of rotatable bonds is 4. The van der Waals surface area contributed by atoms with Gasteiger partial charge in [-0.15, -0.1) is 10.2 Å². The number of hydrogen-bond acceptors (Lipinski definition) is 8. The molecule has 8 nitrogen and oxygen atoms in total. The number of carbonyl (C=O) groups is 1. The molecule has 2 aromatic heterocycles. The van der Waals surface area contributed by atoms with Crippen LogP contribution in [0.3, 0.4) is 0 Å². The Morgan fingerprint density at radius 2 is 1.58 bits per heavy atom. The van der Waals surface area contributed by atoms with Crippen LogP contribution in [0, 0.1) is 0 Å². The molecule has 0 atom stereocenters. The minimum Gasteiger partial charge on any atom is -0.452 e. The number of fused-ring (bicyclic) bond motifs is 2. The molecular formula is C26H13BrN4O4S. The third-order valence-electron chi connectivity index (χ3n) is 5.54. The number of aromatic nitrogens is 2. The normalized spacial score (nSPS) is 12.0. The van der Waals surface area contributed by atoms with E-state index in [2.05, 4.69) is 31.2 Å². The minimum atomic E-state index is -0.486. The van der Waals surface area contributed by atoms with E-state index >= 15 is 0 Å². The Hall–Kier alpha value is -4.28. The number of para-hydroxylation sites is 1. The number of carbonyl (C=O) groups excluding carboxylic acids is 1. The standard InChI is InChI=1S/C26H13BrN4O4S/c27-15-10-11-19-14(12-15)13-20(35-19)24(34)25-30-31(16-6-2-1-3-7-16)26(36-25)29-28-21-22(32)17-8-4-5-9-18(17)23(21)33/h1-13H/b29-26+. The largest absolute Gasteiger partial charge is 0.452 e. The lowest BCUT2D eigenvalue weighted by atomic mass is 10.2. The van der Waals surface area contributed by atoms with Crippen molar-refractivity contribution in [2.24, 2.45) is 10.2 Å². The van der Waals surface area contributed by atoms with Gasteiger partial charge in [0.05, 0.1) is 5.69 Å². The van der Waals surface area contributed by atoms with E-state index in [0.717, 1.165) is 21.2 Å². The Morgan fingerprint density at radius 1 is 0.889 bits per heavy atom. The van der Waals surface area contributed by atoms with Crippen LogP contribution in [-0.4, -0.2) is 15.6 Å². The van der Waals surface area contributed by atoms with Gasteiger partial charge in [-0.1, -0.05) is 69.7 Å². The van der Waals surface area contributed by atoms with Crippen LogP contribution in [0.2, 0.25) is 0 Å². The molecule has 4 aromatic carbocycles. The lowest BCUT2D eigenvalue weighted by molar-refractivity contribution is 0.101. The monoisotopic (exact) mass is 556 g/mol. The highest BCUT2D eigenvalue weighted by Crippen LogP contribution is 2.25. The summed E-state index contributed by atoms with van der Waals surface area (Å²) in [5.74, 6) is -0.293. The Labute approximate surface area is 213 Å². The van der Waals surface area contributed by atoms with Gasteiger partial charge in [-0.3, -0.25) is 14.4 Å². The van der Waals surface area contributed by atoms with Crippen molar-refractivity contribution in [2.75, 3.05) is 0 Å². The van der Waals surface area contributed by atoms with E-state index in [0.29, 0.717) is 22.0 Å². The molecule has 0 spiro atoms. The molecule has 0 amide bonds. The summed E-state index contributed by atoms with van der Waals surface area (Å²) >= 11 is 4.39. The quantitative estimate of drug-likeness (QED) is 0.242. The fourth-order valence-electron chi connectivity index (χ4n) is 3.83. The first-order chi connectivity index (χ1) is 17.5. The molecule has 0 aliphatic heterocycles. The highest BCUT2D eigenvalue weighted by Gasteiger charge is 2.20. The molecule has 6 aromatic rings. The average molecular weight is 557 g/mol. The molecule has 0 saturated heterocycles. The zero-order chi connectivity index (χ0) is 24.8. The maximum absolute atomic E-state index is 13.3. The molecule has 0 bridgehead atoms. The number of halogens is 1. The molecule has 0 N–H and O–H groups in total. The Morgan fingerprint density at radius 3 is 2.31 bits per heavy atom. The lowest BCUT2D eigenvalue weighted by Crippen LogP contribution is -2.31. The number of furan rings is 1. The van der Waals surface area contributed by atoms with Crippen molar-refractivity contribution in [1.82, 2.24) is 9.78 Å². The topological polar surface area (TPSA) is 107 Å². The molecule has 0 aliphatic rings. The first-order valence-electron chi connectivity index (χ1n) is 10.7. The van der Waals surface area contributed by atoms with Crippen LogP contribution < -0.4 is 21.0 Å². The molecule has 174 valence electrons. The molecule has 0 aliphatic carbocycles. The van der Waals surface area contributed by atoms with Crippen molar-refractivity contribution in [3.8, 4) is 5.69 Å². The maximum Gasteiger partial charge on any atom is 0.258 e. The second-order valence-corrected chi connectivity index (χ2v) is 9.68. The number of benzene rings is 3. The molecule has 0 radical (unpaired) electrons. The van der Waals surface area contributed by atoms with Crippen LogP contribution in [-0.2, 0) is 0 Å². The SMILES string of the molecule is O=C(c1cc2cc(Br)ccc2o1)c1nn(-c2ccccc2)/c(=N\N=c2c(=O)c3ccccc3c2=O)s1. The van der Waals surface area contributed by atoms with Crippen LogP contribution in [0.25, 0.3) is 27.4 Å². The summed E-state index contributed by atoms with van der Waals surface area (Å²) in [5, 5.41) is 13.8.